The average molecular weight is 242 g/mol. The summed E-state index contributed by atoms with van der Waals surface area (Å²) in [6.07, 6.45) is 6.69. The van der Waals surface area contributed by atoms with Crippen LogP contribution in [-0.4, -0.2) is 22.2 Å². The fourth-order valence-electron chi connectivity index (χ4n) is 0.778. The molecule has 0 spiro atoms. The third kappa shape index (κ3) is 3.30. The minimum Gasteiger partial charge on any atom is -0.344 e. The first-order valence-electron chi connectivity index (χ1n) is 3.61. The van der Waals surface area contributed by atoms with Crippen LogP contribution in [0.3, 0.4) is 0 Å². The van der Waals surface area contributed by atoms with Gasteiger partial charge in [0.15, 0.2) is 0 Å². The van der Waals surface area contributed by atoms with E-state index in [-0.39, 0.29) is 19.0 Å². The molecule has 68 valence electrons. The monoisotopic (exact) mass is 241 g/mol. The highest BCUT2D eigenvalue weighted by Gasteiger charge is 2.01. The molecule has 1 rings (SSSR count). The largest absolute Gasteiger partial charge is 0.344 e. The Labute approximate surface area is 84.4 Å². The normalized spacial score (nSPS) is 9.23. The van der Waals surface area contributed by atoms with Crippen molar-refractivity contribution < 1.29 is 4.79 Å². The van der Waals surface area contributed by atoms with E-state index in [0.29, 0.717) is 4.60 Å². The second kappa shape index (κ2) is 4.67. The maximum Gasteiger partial charge on any atom is 0.242 e. The van der Waals surface area contributed by atoms with Crippen LogP contribution >= 0.6 is 15.9 Å². The first-order valence-corrected chi connectivity index (χ1v) is 4.41. The molecule has 5 heteroatoms. The van der Waals surface area contributed by atoms with Crippen molar-refractivity contribution in [1.29, 1.82) is 0 Å². The Morgan fingerprint density at radius 2 is 2.62 bits per heavy atom. The van der Waals surface area contributed by atoms with Gasteiger partial charge in [-0.15, -0.1) is 6.42 Å². The number of halogens is 1. The summed E-state index contributed by atoms with van der Waals surface area (Å²) in [5.74, 6) is 2.17. The maximum absolute atomic E-state index is 11.1. The molecule has 0 saturated heterocycles. The minimum atomic E-state index is -0.145. The lowest BCUT2D eigenvalue weighted by molar-refractivity contribution is -0.121. The number of amides is 1. The summed E-state index contributed by atoms with van der Waals surface area (Å²) < 4.78 is 2.23. The van der Waals surface area contributed by atoms with Gasteiger partial charge in [0.25, 0.3) is 0 Å². The number of nitrogens with zero attached hydrogens (tertiary/aromatic N) is 2. The summed E-state index contributed by atoms with van der Waals surface area (Å²) in [5, 5.41) is 6.52. The fourth-order valence-corrected chi connectivity index (χ4v) is 1.10. The standard InChI is InChI=1S/C8H8BrN3O/c1-2-4-10-8(13)6-12-5-3-7(9)11-12/h1,3,5H,4,6H2,(H,10,13). The maximum atomic E-state index is 11.1. The van der Waals surface area contributed by atoms with Gasteiger partial charge in [-0.1, -0.05) is 5.92 Å². The first-order chi connectivity index (χ1) is 6.22. The van der Waals surface area contributed by atoms with E-state index < -0.39 is 0 Å². The zero-order chi connectivity index (χ0) is 9.68. The van der Waals surface area contributed by atoms with Crippen molar-refractivity contribution in [2.24, 2.45) is 0 Å². The lowest BCUT2D eigenvalue weighted by Gasteiger charge is -2.00. The van der Waals surface area contributed by atoms with E-state index >= 15 is 0 Å². The van der Waals surface area contributed by atoms with Crippen LogP contribution in [0.2, 0.25) is 0 Å². The van der Waals surface area contributed by atoms with E-state index in [1.165, 1.54) is 4.68 Å². The van der Waals surface area contributed by atoms with Crippen molar-refractivity contribution in [1.82, 2.24) is 15.1 Å². The summed E-state index contributed by atoms with van der Waals surface area (Å²) in [7, 11) is 0. The van der Waals surface area contributed by atoms with Gasteiger partial charge in [-0.3, -0.25) is 9.48 Å². The van der Waals surface area contributed by atoms with Crippen LogP contribution in [0, 0.1) is 12.3 Å². The van der Waals surface area contributed by atoms with Crippen LogP contribution in [0.15, 0.2) is 16.9 Å². The summed E-state index contributed by atoms with van der Waals surface area (Å²) in [6, 6.07) is 1.76. The predicted octanol–water partition coefficient (Wildman–Crippen LogP) is 0.395. The van der Waals surface area contributed by atoms with Crippen molar-refractivity contribution in [3.8, 4) is 12.3 Å². The van der Waals surface area contributed by atoms with E-state index in [1.54, 1.807) is 12.3 Å². The topological polar surface area (TPSA) is 46.9 Å². The van der Waals surface area contributed by atoms with Gasteiger partial charge in [0.2, 0.25) is 5.91 Å². The van der Waals surface area contributed by atoms with Crippen LogP contribution in [0.5, 0.6) is 0 Å². The van der Waals surface area contributed by atoms with Crippen molar-refractivity contribution in [2.45, 2.75) is 6.54 Å². The highest BCUT2D eigenvalue weighted by atomic mass is 79.9. The lowest BCUT2D eigenvalue weighted by atomic mass is 10.5. The van der Waals surface area contributed by atoms with Gasteiger partial charge in [0.05, 0.1) is 6.54 Å². The summed E-state index contributed by atoms with van der Waals surface area (Å²) in [6.45, 7) is 0.439. The molecular formula is C8H8BrN3O. The predicted molar refractivity (Wildman–Crippen MR) is 51.8 cm³/mol. The van der Waals surface area contributed by atoms with E-state index in [0.717, 1.165) is 0 Å². The Bertz CT molecular complexity index is 339. The number of carbonyl (C=O) groups excluding carboxylic acids is 1. The molecule has 13 heavy (non-hydrogen) atoms. The average Bonchev–Trinajstić information content (AvgIpc) is 2.48. The third-order valence-electron chi connectivity index (χ3n) is 1.30. The minimum absolute atomic E-state index is 0.145. The highest BCUT2D eigenvalue weighted by molar-refractivity contribution is 9.10. The van der Waals surface area contributed by atoms with Crippen LogP contribution < -0.4 is 5.32 Å². The molecule has 0 atom stereocenters. The van der Waals surface area contributed by atoms with Crippen LogP contribution in [0.25, 0.3) is 0 Å². The summed E-state index contributed by atoms with van der Waals surface area (Å²) >= 11 is 3.18. The van der Waals surface area contributed by atoms with Gasteiger partial charge in [0.1, 0.15) is 11.1 Å². The molecule has 1 aromatic heterocycles. The molecule has 1 amide bonds. The molecule has 0 aromatic carbocycles. The Morgan fingerprint density at radius 3 is 3.15 bits per heavy atom. The molecule has 0 aliphatic rings. The number of terminal acetylenes is 1. The molecule has 0 bridgehead atoms. The Morgan fingerprint density at radius 1 is 1.85 bits per heavy atom. The van der Waals surface area contributed by atoms with E-state index in [4.69, 9.17) is 6.42 Å². The quantitative estimate of drug-likeness (QED) is 0.779. The second-order valence-corrected chi connectivity index (χ2v) is 3.13. The number of rotatable bonds is 3. The molecule has 1 N–H and O–H groups in total. The van der Waals surface area contributed by atoms with Gasteiger partial charge in [-0.25, -0.2) is 0 Å². The van der Waals surface area contributed by atoms with Gasteiger partial charge in [-0.2, -0.15) is 5.10 Å². The van der Waals surface area contributed by atoms with Gasteiger partial charge in [0, 0.05) is 6.20 Å². The van der Waals surface area contributed by atoms with Crippen LogP contribution in [0.4, 0.5) is 0 Å². The lowest BCUT2D eigenvalue weighted by Crippen LogP contribution is -2.27. The highest BCUT2D eigenvalue weighted by Crippen LogP contribution is 2.03. The zero-order valence-electron chi connectivity index (χ0n) is 6.83. The van der Waals surface area contributed by atoms with E-state index in [2.05, 4.69) is 32.3 Å². The number of nitrogens with one attached hydrogen (secondary N) is 1. The molecule has 0 aliphatic carbocycles. The van der Waals surface area contributed by atoms with Gasteiger partial charge in [-0.05, 0) is 22.0 Å². The molecule has 0 saturated carbocycles. The first kappa shape index (κ1) is 9.81. The van der Waals surface area contributed by atoms with Crippen molar-refractivity contribution >= 4 is 21.8 Å². The molecule has 0 fully saturated rings. The Hall–Kier alpha value is -1.28. The van der Waals surface area contributed by atoms with E-state index in [9.17, 15) is 4.79 Å². The summed E-state index contributed by atoms with van der Waals surface area (Å²) in [4.78, 5) is 11.1. The smallest absolute Gasteiger partial charge is 0.242 e. The molecule has 1 aromatic rings. The fraction of sp³-hybridized carbons (Fsp3) is 0.250. The second-order valence-electron chi connectivity index (χ2n) is 2.32. The Balaban J connectivity index is 2.41. The van der Waals surface area contributed by atoms with Crippen LogP contribution in [-0.2, 0) is 11.3 Å². The molecule has 0 radical (unpaired) electrons. The molecule has 0 unspecified atom stereocenters. The van der Waals surface area contributed by atoms with Crippen molar-refractivity contribution in [2.75, 3.05) is 6.54 Å². The van der Waals surface area contributed by atoms with Gasteiger partial charge >= 0.3 is 0 Å². The van der Waals surface area contributed by atoms with Crippen molar-refractivity contribution in [3.63, 3.8) is 0 Å². The SMILES string of the molecule is C#CCNC(=O)Cn1ccc(Br)n1. The van der Waals surface area contributed by atoms with Crippen LogP contribution in [0.1, 0.15) is 0 Å². The molecular weight excluding hydrogens is 234 g/mol. The molecule has 1 heterocycles. The van der Waals surface area contributed by atoms with Gasteiger partial charge < -0.3 is 5.32 Å². The zero-order valence-corrected chi connectivity index (χ0v) is 8.41. The molecule has 4 nitrogen and oxygen atoms in total. The third-order valence-corrected chi connectivity index (χ3v) is 1.72. The molecule has 0 aliphatic heterocycles. The number of hydrogen-bond acceptors (Lipinski definition) is 2. The Kier molecular flexibility index (Phi) is 3.53. The number of carbonyl (C=O) groups is 1. The number of hydrogen-bond donors (Lipinski definition) is 1. The number of aromatic nitrogens is 2. The van der Waals surface area contributed by atoms with E-state index in [1.807, 2.05) is 0 Å². The van der Waals surface area contributed by atoms with Crippen molar-refractivity contribution in [3.05, 3.63) is 16.9 Å². The summed E-state index contributed by atoms with van der Waals surface area (Å²) in [5.41, 5.74) is 0.